The molecule has 1 saturated heterocycles. The second-order valence-corrected chi connectivity index (χ2v) is 7.06. The molecule has 1 aromatic carbocycles. The second kappa shape index (κ2) is 6.65. The average Bonchev–Trinajstić information content (AvgIpc) is 2.82. The van der Waals surface area contributed by atoms with Gasteiger partial charge in [0.2, 0.25) is 10.0 Å². The van der Waals surface area contributed by atoms with Crippen molar-refractivity contribution in [2.24, 2.45) is 5.73 Å². The van der Waals surface area contributed by atoms with E-state index in [9.17, 15) is 17.2 Å². The number of halogens is 4. The van der Waals surface area contributed by atoms with Crippen molar-refractivity contribution in [1.29, 1.82) is 0 Å². The lowest BCUT2D eigenvalue weighted by Crippen LogP contribution is -2.40. The van der Waals surface area contributed by atoms with Gasteiger partial charge in [0, 0.05) is 19.1 Å². The van der Waals surface area contributed by atoms with Crippen molar-refractivity contribution < 1.29 is 17.2 Å². The molecule has 0 amide bonds. The van der Waals surface area contributed by atoms with Crippen LogP contribution in [0.1, 0.15) is 12.8 Å². The first-order valence-electron chi connectivity index (χ1n) is 5.74. The zero-order chi connectivity index (χ0) is 14.2. The van der Waals surface area contributed by atoms with Gasteiger partial charge < -0.3 is 5.73 Å². The highest BCUT2D eigenvalue weighted by atomic mass is 79.9. The smallest absolute Gasteiger partial charge is 0.246 e. The standard InChI is InChI=1S/C11H13BrF2N2O2S.ClH/c12-8-4-10(14)11(5-9(8)13)19(17,18)16-3-1-2-7(16)6-15;/h4-5,7H,1-3,6,15H2;1H. The molecule has 1 aliphatic heterocycles. The van der Waals surface area contributed by atoms with Gasteiger partial charge in [-0.1, -0.05) is 0 Å². The molecule has 2 rings (SSSR count). The molecule has 0 bridgehead atoms. The fourth-order valence-electron chi connectivity index (χ4n) is 2.19. The van der Waals surface area contributed by atoms with E-state index in [0.717, 1.165) is 10.4 Å². The first kappa shape index (κ1) is 17.8. The van der Waals surface area contributed by atoms with Crippen LogP contribution in [0.15, 0.2) is 21.5 Å². The Morgan fingerprint density at radius 3 is 2.60 bits per heavy atom. The van der Waals surface area contributed by atoms with Crippen LogP contribution in [-0.2, 0) is 10.0 Å². The van der Waals surface area contributed by atoms with E-state index in [1.54, 1.807) is 0 Å². The summed E-state index contributed by atoms with van der Waals surface area (Å²) < 4.78 is 52.9. The van der Waals surface area contributed by atoms with E-state index in [1.807, 2.05) is 0 Å². The fourth-order valence-corrected chi connectivity index (χ4v) is 4.27. The van der Waals surface area contributed by atoms with E-state index in [4.69, 9.17) is 5.73 Å². The van der Waals surface area contributed by atoms with Crippen molar-refractivity contribution in [2.75, 3.05) is 13.1 Å². The van der Waals surface area contributed by atoms with Gasteiger partial charge >= 0.3 is 0 Å². The Balaban J connectivity index is 0.00000200. The highest BCUT2D eigenvalue weighted by Crippen LogP contribution is 2.29. The van der Waals surface area contributed by atoms with Crippen LogP contribution in [-0.4, -0.2) is 31.9 Å². The molecule has 1 aromatic rings. The minimum absolute atomic E-state index is 0. The molecule has 20 heavy (non-hydrogen) atoms. The monoisotopic (exact) mass is 390 g/mol. The Kier molecular flexibility index (Phi) is 5.91. The number of nitrogens with two attached hydrogens (primary N) is 1. The minimum Gasteiger partial charge on any atom is -0.329 e. The van der Waals surface area contributed by atoms with Crippen LogP contribution < -0.4 is 5.73 Å². The molecule has 2 N–H and O–H groups in total. The zero-order valence-electron chi connectivity index (χ0n) is 10.4. The molecule has 1 heterocycles. The first-order valence-corrected chi connectivity index (χ1v) is 7.97. The van der Waals surface area contributed by atoms with Crippen molar-refractivity contribution in [1.82, 2.24) is 4.31 Å². The summed E-state index contributed by atoms with van der Waals surface area (Å²) in [5.41, 5.74) is 5.51. The van der Waals surface area contributed by atoms with Crippen molar-refractivity contribution in [3.05, 3.63) is 28.2 Å². The Labute approximate surface area is 130 Å². The molecular formula is C11H14BrClF2N2O2S. The highest BCUT2D eigenvalue weighted by molar-refractivity contribution is 9.10. The van der Waals surface area contributed by atoms with Crippen molar-refractivity contribution in [2.45, 2.75) is 23.8 Å². The molecular weight excluding hydrogens is 378 g/mol. The highest BCUT2D eigenvalue weighted by Gasteiger charge is 2.36. The average molecular weight is 392 g/mol. The molecule has 0 aromatic heterocycles. The summed E-state index contributed by atoms with van der Waals surface area (Å²) in [7, 11) is -4.05. The largest absolute Gasteiger partial charge is 0.329 e. The summed E-state index contributed by atoms with van der Waals surface area (Å²) in [4.78, 5) is -0.645. The van der Waals surface area contributed by atoms with E-state index in [2.05, 4.69) is 15.9 Å². The Morgan fingerprint density at radius 1 is 1.35 bits per heavy atom. The molecule has 4 nitrogen and oxygen atoms in total. The molecule has 1 atom stereocenters. The van der Waals surface area contributed by atoms with Gasteiger partial charge in [0.15, 0.2) is 0 Å². The Bertz CT molecular complexity index is 600. The van der Waals surface area contributed by atoms with Crippen LogP contribution in [0.4, 0.5) is 8.78 Å². The van der Waals surface area contributed by atoms with Gasteiger partial charge in [-0.05, 0) is 40.9 Å². The number of rotatable bonds is 3. The first-order chi connectivity index (χ1) is 8.87. The third-order valence-corrected chi connectivity index (χ3v) is 5.73. The topological polar surface area (TPSA) is 63.4 Å². The van der Waals surface area contributed by atoms with Gasteiger partial charge in [-0.25, -0.2) is 17.2 Å². The maximum absolute atomic E-state index is 13.8. The van der Waals surface area contributed by atoms with Gasteiger partial charge in [0.25, 0.3) is 0 Å². The molecule has 9 heteroatoms. The second-order valence-electron chi connectivity index (χ2n) is 4.34. The molecule has 1 fully saturated rings. The maximum Gasteiger partial charge on any atom is 0.246 e. The van der Waals surface area contributed by atoms with E-state index < -0.39 is 26.6 Å². The minimum atomic E-state index is -4.05. The summed E-state index contributed by atoms with van der Waals surface area (Å²) in [5, 5.41) is 0. The van der Waals surface area contributed by atoms with E-state index in [-0.39, 0.29) is 36.0 Å². The third kappa shape index (κ3) is 3.14. The van der Waals surface area contributed by atoms with Gasteiger partial charge in [0.05, 0.1) is 4.47 Å². The zero-order valence-corrected chi connectivity index (χ0v) is 13.6. The van der Waals surface area contributed by atoms with Gasteiger partial charge in [0.1, 0.15) is 16.5 Å². The number of sulfonamides is 1. The quantitative estimate of drug-likeness (QED) is 0.804. The molecule has 114 valence electrons. The molecule has 1 aliphatic rings. The van der Waals surface area contributed by atoms with Gasteiger partial charge in [-0.15, -0.1) is 12.4 Å². The lowest BCUT2D eigenvalue weighted by Gasteiger charge is -2.23. The SMILES string of the molecule is Cl.NCC1CCCN1S(=O)(=O)c1cc(F)c(Br)cc1F. The van der Waals surface area contributed by atoms with E-state index >= 15 is 0 Å². The van der Waals surface area contributed by atoms with Crippen LogP contribution >= 0.6 is 28.3 Å². The van der Waals surface area contributed by atoms with Crippen LogP contribution in [0.3, 0.4) is 0 Å². The predicted octanol–water partition coefficient (Wildman–Crippen LogP) is 2.26. The van der Waals surface area contributed by atoms with Crippen LogP contribution in [0.2, 0.25) is 0 Å². The molecule has 1 unspecified atom stereocenters. The summed E-state index contributed by atoms with van der Waals surface area (Å²) in [6.45, 7) is 0.446. The van der Waals surface area contributed by atoms with Crippen LogP contribution in [0, 0.1) is 11.6 Å². The Morgan fingerprint density at radius 2 is 2.00 bits per heavy atom. The Hall–Kier alpha value is -0.280. The predicted molar refractivity (Wildman–Crippen MR) is 77.3 cm³/mol. The summed E-state index contributed by atoms with van der Waals surface area (Å²) in [6.07, 6.45) is 1.30. The normalized spacial score (nSPS) is 19.9. The van der Waals surface area contributed by atoms with Crippen molar-refractivity contribution >= 4 is 38.4 Å². The molecule has 0 saturated carbocycles. The van der Waals surface area contributed by atoms with Gasteiger partial charge in [-0.3, -0.25) is 0 Å². The van der Waals surface area contributed by atoms with Crippen LogP contribution in [0.25, 0.3) is 0 Å². The molecule has 0 spiro atoms. The van der Waals surface area contributed by atoms with Gasteiger partial charge in [-0.2, -0.15) is 4.31 Å². The number of hydrogen-bond acceptors (Lipinski definition) is 3. The lowest BCUT2D eigenvalue weighted by atomic mass is 10.2. The van der Waals surface area contributed by atoms with Crippen LogP contribution in [0.5, 0.6) is 0 Å². The fraction of sp³-hybridized carbons (Fsp3) is 0.455. The summed E-state index contributed by atoms with van der Waals surface area (Å²) in [5.74, 6) is -1.79. The van der Waals surface area contributed by atoms with E-state index in [1.165, 1.54) is 0 Å². The van der Waals surface area contributed by atoms with Crippen molar-refractivity contribution in [3.63, 3.8) is 0 Å². The maximum atomic E-state index is 13.8. The van der Waals surface area contributed by atoms with E-state index in [0.29, 0.717) is 18.9 Å². The number of hydrogen-bond donors (Lipinski definition) is 1. The number of benzene rings is 1. The summed E-state index contributed by atoms with van der Waals surface area (Å²) >= 11 is 2.81. The number of nitrogens with zero attached hydrogens (tertiary/aromatic N) is 1. The molecule has 0 aliphatic carbocycles. The lowest BCUT2D eigenvalue weighted by molar-refractivity contribution is 0.389. The van der Waals surface area contributed by atoms with Crippen molar-refractivity contribution in [3.8, 4) is 0 Å². The molecule has 0 radical (unpaired) electrons. The summed E-state index contributed by atoms with van der Waals surface area (Å²) in [6, 6.07) is 1.16. The third-order valence-electron chi connectivity index (χ3n) is 3.16.